The summed E-state index contributed by atoms with van der Waals surface area (Å²) in [5, 5.41) is 9.13. The van der Waals surface area contributed by atoms with Crippen LogP contribution in [0.2, 0.25) is 0 Å². The van der Waals surface area contributed by atoms with Gasteiger partial charge >= 0.3 is 0 Å². The SMILES string of the molecule is CC1(CN)CC(=O)C=C(O)C1. The molecule has 0 radical (unpaired) electrons. The van der Waals surface area contributed by atoms with Crippen LogP contribution in [0.1, 0.15) is 19.8 Å². The van der Waals surface area contributed by atoms with Crippen molar-refractivity contribution in [3.8, 4) is 0 Å². The van der Waals surface area contributed by atoms with Crippen LogP contribution >= 0.6 is 0 Å². The fourth-order valence-electron chi connectivity index (χ4n) is 1.35. The van der Waals surface area contributed by atoms with Crippen molar-refractivity contribution in [2.45, 2.75) is 19.8 Å². The van der Waals surface area contributed by atoms with Gasteiger partial charge in [-0.25, -0.2) is 0 Å². The largest absolute Gasteiger partial charge is 0.512 e. The average Bonchev–Trinajstić information content (AvgIpc) is 1.84. The normalized spacial score (nSPS) is 31.8. The van der Waals surface area contributed by atoms with Gasteiger partial charge < -0.3 is 10.8 Å². The minimum absolute atomic E-state index is 0.0262. The van der Waals surface area contributed by atoms with E-state index in [1.165, 1.54) is 6.08 Å². The molecule has 0 aromatic heterocycles. The first kappa shape index (κ1) is 8.27. The molecule has 0 heterocycles. The third-order valence-electron chi connectivity index (χ3n) is 2.03. The molecule has 0 aromatic carbocycles. The summed E-state index contributed by atoms with van der Waals surface area (Å²) in [5.74, 6) is 0.135. The molecule has 0 aromatic rings. The lowest BCUT2D eigenvalue weighted by molar-refractivity contribution is -0.117. The van der Waals surface area contributed by atoms with Crippen molar-refractivity contribution in [2.75, 3.05) is 6.54 Å². The lowest BCUT2D eigenvalue weighted by atomic mass is 9.78. The fraction of sp³-hybridized carbons (Fsp3) is 0.625. The summed E-state index contributed by atoms with van der Waals surface area (Å²) < 4.78 is 0. The van der Waals surface area contributed by atoms with Crippen LogP contribution in [0.5, 0.6) is 0 Å². The second-order valence-electron chi connectivity index (χ2n) is 3.47. The smallest absolute Gasteiger partial charge is 0.159 e. The van der Waals surface area contributed by atoms with Crippen molar-refractivity contribution >= 4 is 5.78 Å². The van der Waals surface area contributed by atoms with Crippen LogP contribution in [-0.2, 0) is 4.79 Å². The molecule has 3 N–H and O–H groups in total. The Kier molecular flexibility index (Phi) is 2.00. The highest BCUT2D eigenvalue weighted by molar-refractivity contribution is 5.91. The zero-order valence-corrected chi connectivity index (χ0v) is 6.63. The lowest BCUT2D eigenvalue weighted by Gasteiger charge is -2.29. The maximum Gasteiger partial charge on any atom is 0.159 e. The predicted octanol–water partition coefficient (Wildman–Crippen LogP) is 0.756. The first-order valence-electron chi connectivity index (χ1n) is 3.68. The van der Waals surface area contributed by atoms with E-state index in [4.69, 9.17) is 10.8 Å². The summed E-state index contributed by atoms with van der Waals surface area (Å²) in [6, 6.07) is 0. The summed E-state index contributed by atoms with van der Waals surface area (Å²) in [5.41, 5.74) is 5.25. The van der Waals surface area contributed by atoms with Crippen LogP contribution in [-0.4, -0.2) is 17.4 Å². The number of carbonyl (C=O) groups is 1. The van der Waals surface area contributed by atoms with E-state index in [0.717, 1.165) is 0 Å². The molecule has 3 nitrogen and oxygen atoms in total. The van der Waals surface area contributed by atoms with Crippen LogP contribution in [0, 0.1) is 5.41 Å². The molecule has 0 amide bonds. The number of hydrogen-bond donors (Lipinski definition) is 2. The third-order valence-corrected chi connectivity index (χ3v) is 2.03. The van der Waals surface area contributed by atoms with Gasteiger partial charge in [-0.3, -0.25) is 4.79 Å². The molecule has 0 saturated carbocycles. The van der Waals surface area contributed by atoms with Crippen molar-refractivity contribution in [3.63, 3.8) is 0 Å². The number of ketones is 1. The molecule has 62 valence electrons. The van der Waals surface area contributed by atoms with Crippen LogP contribution in [0.25, 0.3) is 0 Å². The Bertz CT molecular complexity index is 210. The van der Waals surface area contributed by atoms with Gasteiger partial charge in [0, 0.05) is 18.9 Å². The minimum atomic E-state index is -0.226. The summed E-state index contributed by atoms with van der Waals surface area (Å²) in [6.45, 7) is 2.35. The quantitative estimate of drug-likeness (QED) is 0.587. The van der Waals surface area contributed by atoms with E-state index in [1.807, 2.05) is 6.92 Å². The van der Waals surface area contributed by atoms with Crippen LogP contribution in [0.4, 0.5) is 0 Å². The molecule has 0 bridgehead atoms. The number of hydrogen-bond acceptors (Lipinski definition) is 3. The zero-order chi connectivity index (χ0) is 8.48. The van der Waals surface area contributed by atoms with Gasteiger partial charge in [-0.05, 0) is 12.0 Å². The van der Waals surface area contributed by atoms with Gasteiger partial charge in [-0.2, -0.15) is 0 Å². The molecule has 0 fully saturated rings. The molecule has 1 aliphatic rings. The summed E-state index contributed by atoms with van der Waals surface area (Å²) in [6.07, 6.45) is 2.26. The van der Waals surface area contributed by atoms with Gasteiger partial charge in [0.05, 0.1) is 5.76 Å². The molecule has 0 spiro atoms. The van der Waals surface area contributed by atoms with Crippen molar-refractivity contribution in [3.05, 3.63) is 11.8 Å². The van der Waals surface area contributed by atoms with E-state index in [2.05, 4.69) is 0 Å². The van der Waals surface area contributed by atoms with Crippen molar-refractivity contribution < 1.29 is 9.90 Å². The minimum Gasteiger partial charge on any atom is -0.512 e. The van der Waals surface area contributed by atoms with Crippen LogP contribution in [0.3, 0.4) is 0 Å². The van der Waals surface area contributed by atoms with Crippen molar-refractivity contribution in [2.24, 2.45) is 11.1 Å². The van der Waals surface area contributed by atoms with Gasteiger partial charge in [0.15, 0.2) is 5.78 Å². The van der Waals surface area contributed by atoms with Gasteiger partial charge in [0.2, 0.25) is 0 Å². The first-order chi connectivity index (χ1) is 5.06. The maximum absolute atomic E-state index is 11.0. The molecule has 1 aliphatic carbocycles. The molecule has 11 heavy (non-hydrogen) atoms. The van der Waals surface area contributed by atoms with Gasteiger partial charge in [0.1, 0.15) is 0 Å². The fourth-order valence-corrected chi connectivity index (χ4v) is 1.35. The molecular weight excluding hydrogens is 142 g/mol. The topological polar surface area (TPSA) is 63.3 Å². The Morgan fingerprint density at radius 2 is 2.36 bits per heavy atom. The van der Waals surface area contributed by atoms with E-state index < -0.39 is 0 Å². The van der Waals surface area contributed by atoms with Crippen molar-refractivity contribution in [1.82, 2.24) is 0 Å². The standard InChI is InChI=1S/C8H13NO2/c1-8(5-9)3-6(10)2-7(11)4-8/h2,10H,3-5,9H2,1H3. The third kappa shape index (κ3) is 1.80. The number of aliphatic hydroxyl groups is 1. The Balaban J connectivity index is 2.79. The van der Waals surface area contributed by atoms with Crippen molar-refractivity contribution in [1.29, 1.82) is 0 Å². The second kappa shape index (κ2) is 2.66. The Morgan fingerprint density at radius 1 is 1.73 bits per heavy atom. The Morgan fingerprint density at radius 3 is 2.82 bits per heavy atom. The van der Waals surface area contributed by atoms with Gasteiger partial charge in [-0.15, -0.1) is 0 Å². The molecule has 1 rings (SSSR count). The van der Waals surface area contributed by atoms with Crippen LogP contribution < -0.4 is 5.73 Å². The predicted molar refractivity (Wildman–Crippen MR) is 42.1 cm³/mol. The highest BCUT2D eigenvalue weighted by Gasteiger charge is 2.30. The number of carbonyl (C=O) groups excluding carboxylic acids is 1. The number of nitrogens with two attached hydrogens (primary N) is 1. The molecule has 0 saturated heterocycles. The van der Waals surface area contributed by atoms with E-state index in [9.17, 15) is 4.79 Å². The Labute approximate surface area is 65.9 Å². The zero-order valence-electron chi connectivity index (χ0n) is 6.63. The first-order valence-corrected chi connectivity index (χ1v) is 3.68. The maximum atomic E-state index is 11.0. The van der Waals surface area contributed by atoms with Crippen LogP contribution in [0.15, 0.2) is 11.8 Å². The van der Waals surface area contributed by atoms with E-state index in [-0.39, 0.29) is 17.0 Å². The van der Waals surface area contributed by atoms with E-state index in [1.54, 1.807) is 0 Å². The van der Waals surface area contributed by atoms with E-state index >= 15 is 0 Å². The summed E-state index contributed by atoms with van der Waals surface area (Å²) in [4.78, 5) is 11.0. The summed E-state index contributed by atoms with van der Waals surface area (Å²) in [7, 11) is 0. The lowest BCUT2D eigenvalue weighted by Crippen LogP contribution is -2.32. The monoisotopic (exact) mass is 155 g/mol. The highest BCUT2D eigenvalue weighted by Crippen LogP contribution is 2.31. The summed E-state index contributed by atoms with van der Waals surface area (Å²) >= 11 is 0. The average molecular weight is 155 g/mol. The molecule has 1 unspecified atom stereocenters. The number of aliphatic hydroxyl groups excluding tert-OH is 1. The van der Waals surface area contributed by atoms with Gasteiger partial charge in [0.25, 0.3) is 0 Å². The highest BCUT2D eigenvalue weighted by atomic mass is 16.3. The molecule has 0 aliphatic heterocycles. The number of allylic oxidation sites excluding steroid dienone is 2. The number of rotatable bonds is 1. The molecule has 1 atom stereocenters. The molecule has 3 heteroatoms. The van der Waals surface area contributed by atoms with E-state index in [0.29, 0.717) is 19.4 Å². The Hall–Kier alpha value is -0.830. The second-order valence-corrected chi connectivity index (χ2v) is 3.47. The van der Waals surface area contributed by atoms with Gasteiger partial charge in [-0.1, -0.05) is 6.92 Å². The molecular formula is C8H13NO2.